The minimum absolute atomic E-state index is 0.0463. The molecule has 0 bridgehead atoms. The Kier molecular flexibility index (Phi) is 3.58. The van der Waals surface area contributed by atoms with Gasteiger partial charge in [-0.05, 0) is 18.9 Å². The molecule has 106 valence electrons. The normalized spacial score (nSPS) is 22.9. The van der Waals surface area contributed by atoms with Gasteiger partial charge in [0, 0.05) is 29.9 Å². The van der Waals surface area contributed by atoms with E-state index in [1.54, 1.807) is 12.4 Å². The number of amides is 1. The molecular weight excluding hydrogens is 272 g/mol. The number of thiophene rings is 1. The number of fused-ring (bicyclic) bond motifs is 1. The number of rotatable bonds is 2. The van der Waals surface area contributed by atoms with Gasteiger partial charge in [0.25, 0.3) is 5.91 Å². The van der Waals surface area contributed by atoms with Crippen molar-refractivity contribution in [3.8, 4) is 0 Å². The first-order valence-electron chi connectivity index (χ1n) is 6.85. The number of nitrogens with two attached hydrogens (primary N) is 2. The van der Waals surface area contributed by atoms with Crippen LogP contribution >= 0.6 is 11.3 Å². The van der Waals surface area contributed by atoms with Crippen molar-refractivity contribution in [3.05, 3.63) is 23.3 Å². The molecule has 2 aromatic heterocycles. The van der Waals surface area contributed by atoms with Gasteiger partial charge in [0.1, 0.15) is 4.88 Å². The Morgan fingerprint density at radius 1 is 1.40 bits per heavy atom. The number of nitrogens with zero attached hydrogens (tertiary/aromatic N) is 1. The Balaban J connectivity index is 1.83. The second-order valence-electron chi connectivity index (χ2n) is 5.24. The molecule has 2 aromatic rings. The maximum atomic E-state index is 12.4. The van der Waals surface area contributed by atoms with E-state index in [4.69, 9.17) is 11.5 Å². The third kappa shape index (κ3) is 2.36. The molecule has 5 nitrogen and oxygen atoms in total. The summed E-state index contributed by atoms with van der Waals surface area (Å²) < 4.78 is 0.933. The van der Waals surface area contributed by atoms with Gasteiger partial charge in [-0.1, -0.05) is 12.8 Å². The molecule has 0 radical (unpaired) electrons. The lowest BCUT2D eigenvalue weighted by Gasteiger charge is -2.29. The van der Waals surface area contributed by atoms with Crippen LogP contribution in [-0.4, -0.2) is 23.0 Å². The lowest BCUT2D eigenvalue weighted by atomic mass is 9.91. The summed E-state index contributed by atoms with van der Waals surface area (Å²) in [5, 5.41) is 3.92. The molecule has 0 saturated heterocycles. The van der Waals surface area contributed by atoms with Gasteiger partial charge in [-0.2, -0.15) is 0 Å². The minimum atomic E-state index is -0.119. The van der Waals surface area contributed by atoms with E-state index in [9.17, 15) is 4.79 Å². The summed E-state index contributed by atoms with van der Waals surface area (Å²) in [6.45, 7) is 0. The summed E-state index contributed by atoms with van der Waals surface area (Å²) in [4.78, 5) is 17.0. The Labute approximate surface area is 121 Å². The molecule has 1 aliphatic carbocycles. The van der Waals surface area contributed by atoms with Crippen LogP contribution in [0.5, 0.6) is 0 Å². The minimum Gasteiger partial charge on any atom is -0.397 e. The van der Waals surface area contributed by atoms with Crippen LogP contribution in [0.15, 0.2) is 18.5 Å². The zero-order valence-electron chi connectivity index (χ0n) is 11.1. The van der Waals surface area contributed by atoms with Gasteiger partial charge in [0.05, 0.1) is 10.4 Å². The van der Waals surface area contributed by atoms with Crippen molar-refractivity contribution in [3.63, 3.8) is 0 Å². The molecule has 20 heavy (non-hydrogen) atoms. The van der Waals surface area contributed by atoms with Crippen LogP contribution in [0.25, 0.3) is 10.1 Å². The van der Waals surface area contributed by atoms with Crippen molar-refractivity contribution in [1.29, 1.82) is 0 Å². The Morgan fingerprint density at radius 3 is 2.95 bits per heavy atom. The van der Waals surface area contributed by atoms with Gasteiger partial charge in [-0.3, -0.25) is 9.78 Å². The SMILES string of the molecule is Nc1c(C(=O)NC2CCCCC2N)sc2cnccc12. The zero-order chi connectivity index (χ0) is 14.1. The van der Waals surface area contributed by atoms with E-state index in [0.29, 0.717) is 10.6 Å². The maximum absolute atomic E-state index is 12.4. The summed E-state index contributed by atoms with van der Waals surface area (Å²) in [5.74, 6) is -0.119. The van der Waals surface area contributed by atoms with Crippen molar-refractivity contribution < 1.29 is 4.79 Å². The molecule has 1 fully saturated rings. The number of nitrogens with one attached hydrogen (secondary N) is 1. The molecule has 2 heterocycles. The van der Waals surface area contributed by atoms with Crippen molar-refractivity contribution in [2.24, 2.45) is 5.73 Å². The summed E-state index contributed by atoms with van der Waals surface area (Å²) in [5.41, 5.74) is 12.7. The number of pyridine rings is 1. The molecule has 1 saturated carbocycles. The highest BCUT2D eigenvalue weighted by Crippen LogP contribution is 2.33. The summed E-state index contributed by atoms with van der Waals surface area (Å²) in [6.07, 6.45) is 7.59. The van der Waals surface area contributed by atoms with Crippen LogP contribution in [0.1, 0.15) is 35.4 Å². The van der Waals surface area contributed by atoms with Crippen LogP contribution in [0, 0.1) is 0 Å². The lowest BCUT2D eigenvalue weighted by molar-refractivity contribution is 0.0926. The third-order valence-electron chi connectivity index (χ3n) is 3.87. The monoisotopic (exact) mass is 290 g/mol. The van der Waals surface area contributed by atoms with Gasteiger partial charge >= 0.3 is 0 Å². The second-order valence-corrected chi connectivity index (χ2v) is 6.30. The standard InChI is InChI=1S/C14H18N4OS/c15-9-3-1-2-4-10(9)18-14(19)13-12(16)8-5-6-17-7-11(8)20-13/h5-7,9-10H,1-4,15-16H2,(H,18,19). The maximum Gasteiger partial charge on any atom is 0.263 e. The number of hydrogen-bond acceptors (Lipinski definition) is 5. The number of nitrogen functional groups attached to an aromatic ring is 1. The molecule has 2 unspecified atom stereocenters. The van der Waals surface area contributed by atoms with Gasteiger partial charge in [-0.15, -0.1) is 11.3 Å². The number of hydrogen-bond donors (Lipinski definition) is 3. The average molecular weight is 290 g/mol. The topological polar surface area (TPSA) is 94.0 Å². The quantitative estimate of drug-likeness (QED) is 0.787. The van der Waals surface area contributed by atoms with E-state index in [-0.39, 0.29) is 18.0 Å². The van der Waals surface area contributed by atoms with Crippen molar-refractivity contribution >= 4 is 33.0 Å². The molecular formula is C14H18N4OS. The molecule has 2 atom stereocenters. The van der Waals surface area contributed by atoms with E-state index < -0.39 is 0 Å². The predicted molar refractivity (Wildman–Crippen MR) is 81.7 cm³/mol. The van der Waals surface area contributed by atoms with Crippen molar-refractivity contribution in [2.75, 3.05) is 5.73 Å². The van der Waals surface area contributed by atoms with E-state index in [2.05, 4.69) is 10.3 Å². The fourth-order valence-corrected chi connectivity index (χ4v) is 3.71. The molecule has 0 aromatic carbocycles. The highest BCUT2D eigenvalue weighted by molar-refractivity contribution is 7.21. The van der Waals surface area contributed by atoms with Crippen molar-refractivity contribution in [2.45, 2.75) is 37.8 Å². The zero-order valence-corrected chi connectivity index (χ0v) is 12.0. The van der Waals surface area contributed by atoms with Gasteiger partial charge in [0.2, 0.25) is 0 Å². The number of aromatic nitrogens is 1. The largest absolute Gasteiger partial charge is 0.397 e. The fourth-order valence-electron chi connectivity index (χ4n) is 2.71. The summed E-state index contributed by atoms with van der Waals surface area (Å²) >= 11 is 1.38. The first kappa shape index (κ1) is 13.3. The Bertz CT molecular complexity index is 639. The Hall–Kier alpha value is -1.66. The number of carbonyl (C=O) groups is 1. The van der Waals surface area contributed by atoms with Crippen molar-refractivity contribution in [1.82, 2.24) is 10.3 Å². The van der Waals surface area contributed by atoms with E-state index in [0.717, 1.165) is 35.8 Å². The molecule has 5 N–H and O–H groups in total. The summed E-state index contributed by atoms with van der Waals surface area (Å²) in [6, 6.07) is 1.94. The molecule has 1 amide bonds. The lowest BCUT2D eigenvalue weighted by Crippen LogP contribution is -2.49. The average Bonchev–Trinajstić information content (AvgIpc) is 2.79. The number of carbonyl (C=O) groups excluding carboxylic acids is 1. The molecule has 3 rings (SSSR count). The van der Waals surface area contributed by atoms with E-state index in [1.165, 1.54) is 11.3 Å². The van der Waals surface area contributed by atoms with E-state index >= 15 is 0 Å². The van der Waals surface area contributed by atoms with Gasteiger partial charge in [-0.25, -0.2) is 0 Å². The van der Waals surface area contributed by atoms with Crippen LogP contribution < -0.4 is 16.8 Å². The van der Waals surface area contributed by atoms with E-state index in [1.807, 2.05) is 6.07 Å². The molecule has 0 spiro atoms. The predicted octanol–water partition coefficient (Wildman–Crippen LogP) is 1.88. The smallest absolute Gasteiger partial charge is 0.263 e. The van der Waals surface area contributed by atoms with Gasteiger partial charge < -0.3 is 16.8 Å². The first-order chi connectivity index (χ1) is 9.66. The highest BCUT2D eigenvalue weighted by atomic mass is 32.1. The van der Waals surface area contributed by atoms with Crippen LogP contribution in [-0.2, 0) is 0 Å². The van der Waals surface area contributed by atoms with Crippen LogP contribution in [0.3, 0.4) is 0 Å². The van der Waals surface area contributed by atoms with Crippen LogP contribution in [0.2, 0.25) is 0 Å². The Morgan fingerprint density at radius 2 is 2.20 bits per heavy atom. The second kappa shape index (κ2) is 5.38. The first-order valence-corrected chi connectivity index (χ1v) is 7.67. The third-order valence-corrected chi connectivity index (χ3v) is 5.03. The fraction of sp³-hybridized carbons (Fsp3) is 0.429. The number of anilines is 1. The molecule has 0 aliphatic heterocycles. The highest BCUT2D eigenvalue weighted by Gasteiger charge is 2.25. The van der Waals surface area contributed by atoms with Gasteiger partial charge in [0.15, 0.2) is 0 Å². The molecule has 1 aliphatic rings. The summed E-state index contributed by atoms with van der Waals surface area (Å²) in [7, 11) is 0. The van der Waals surface area contributed by atoms with Crippen LogP contribution in [0.4, 0.5) is 5.69 Å². The molecule has 6 heteroatoms.